The van der Waals surface area contributed by atoms with Crippen molar-refractivity contribution in [2.24, 2.45) is 0 Å². The first-order valence-electron chi connectivity index (χ1n) is 6.68. The van der Waals surface area contributed by atoms with E-state index in [1.165, 1.54) is 30.3 Å². The molecule has 1 atom stereocenters. The fourth-order valence-electron chi connectivity index (χ4n) is 2.38. The second kappa shape index (κ2) is 5.84. The number of nitro groups is 1. The quantitative estimate of drug-likeness (QED) is 0.528. The Morgan fingerprint density at radius 3 is 2.52 bits per heavy atom. The molecule has 3 rings (SSSR count). The largest absolute Gasteiger partial charge is 0.464 e. The van der Waals surface area contributed by atoms with E-state index >= 15 is 0 Å². The normalized spacial score (nSPS) is 13.4. The number of para-hydroxylation sites is 1. The molecular formula is C15H12N2O6. The van der Waals surface area contributed by atoms with Crippen LogP contribution < -0.4 is 14.4 Å². The van der Waals surface area contributed by atoms with Crippen LogP contribution in [0.25, 0.3) is 0 Å². The minimum atomic E-state index is -1.59. The third-order valence-electron chi connectivity index (χ3n) is 3.38. The number of benzene rings is 2. The molecule has 0 saturated heterocycles. The van der Waals surface area contributed by atoms with Gasteiger partial charge in [-0.2, -0.15) is 0 Å². The number of fused-ring (bicyclic) bond motifs is 1. The van der Waals surface area contributed by atoms with E-state index in [9.17, 15) is 20.0 Å². The van der Waals surface area contributed by atoms with Crippen LogP contribution in [0.3, 0.4) is 0 Å². The number of ether oxygens (including phenoxy) is 2. The number of amides is 1. The second-order valence-corrected chi connectivity index (χ2v) is 4.76. The number of carboxylic acid groups (broad SMARTS) is 1. The van der Waals surface area contributed by atoms with Crippen molar-refractivity contribution in [1.82, 2.24) is 0 Å². The standard InChI is InChI=1S/C15H12N2O6/c18-15(19)16(11-4-2-1-3-5-11)14(17(20)21)10-6-7-12-13(8-10)23-9-22-12/h1-8,14H,9H2,(H,18,19). The number of hydrogen-bond acceptors (Lipinski definition) is 5. The van der Waals surface area contributed by atoms with E-state index in [0.29, 0.717) is 16.4 Å². The summed E-state index contributed by atoms with van der Waals surface area (Å²) in [6, 6.07) is 12.3. The van der Waals surface area contributed by atoms with Crippen LogP contribution in [0.15, 0.2) is 48.5 Å². The minimum Gasteiger partial charge on any atom is -0.464 e. The van der Waals surface area contributed by atoms with Gasteiger partial charge in [0.1, 0.15) is 0 Å². The number of rotatable bonds is 4. The van der Waals surface area contributed by atoms with Crippen LogP contribution >= 0.6 is 0 Å². The van der Waals surface area contributed by atoms with Gasteiger partial charge in [0, 0.05) is 0 Å². The summed E-state index contributed by atoms with van der Waals surface area (Å²) in [6.07, 6.45) is -3.01. The lowest BCUT2D eigenvalue weighted by molar-refractivity contribution is -0.526. The third kappa shape index (κ3) is 2.73. The molecule has 0 fully saturated rings. The molecule has 8 heteroatoms. The fourth-order valence-corrected chi connectivity index (χ4v) is 2.38. The van der Waals surface area contributed by atoms with Crippen molar-refractivity contribution in [2.45, 2.75) is 6.17 Å². The predicted octanol–water partition coefficient (Wildman–Crippen LogP) is 2.88. The summed E-state index contributed by atoms with van der Waals surface area (Å²) in [5.74, 6) is 0.824. The molecule has 0 spiro atoms. The third-order valence-corrected chi connectivity index (χ3v) is 3.38. The summed E-state index contributed by atoms with van der Waals surface area (Å²) in [5.41, 5.74) is 0.393. The second-order valence-electron chi connectivity index (χ2n) is 4.76. The van der Waals surface area contributed by atoms with Gasteiger partial charge in [-0.15, -0.1) is 0 Å². The summed E-state index contributed by atoms with van der Waals surface area (Å²) in [7, 11) is 0. The maximum Gasteiger partial charge on any atom is 0.417 e. The highest BCUT2D eigenvalue weighted by molar-refractivity contribution is 5.86. The molecule has 0 bridgehead atoms. The van der Waals surface area contributed by atoms with Crippen molar-refractivity contribution in [3.8, 4) is 11.5 Å². The lowest BCUT2D eigenvalue weighted by Gasteiger charge is -2.23. The Kier molecular flexibility index (Phi) is 3.71. The molecule has 8 nitrogen and oxygen atoms in total. The van der Waals surface area contributed by atoms with Crippen LogP contribution in [0, 0.1) is 10.1 Å². The number of anilines is 1. The monoisotopic (exact) mass is 316 g/mol. The summed E-state index contributed by atoms with van der Waals surface area (Å²) < 4.78 is 10.4. The van der Waals surface area contributed by atoms with Crippen molar-refractivity contribution in [2.75, 3.05) is 11.7 Å². The smallest absolute Gasteiger partial charge is 0.417 e. The van der Waals surface area contributed by atoms with Gasteiger partial charge in [0.15, 0.2) is 11.5 Å². The van der Waals surface area contributed by atoms with Crippen molar-refractivity contribution >= 4 is 11.8 Å². The first kappa shape index (κ1) is 14.6. The average molecular weight is 316 g/mol. The zero-order chi connectivity index (χ0) is 16.4. The van der Waals surface area contributed by atoms with Crippen molar-refractivity contribution < 1.29 is 24.3 Å². The lowest BCUT2D eigenvalue weighted by Crippen LogP contribution is -2.38. The number of nitrogens with zero attached hydrogens (tertiary/aromatic N) is 2. The van der Waals surface area contributed by atoms with E-state index in [4.69, 9.17) is 9.47 Å². The first-order chi connectivity index (χ1) is 11.1. The zero-order valence-corrected chi connectivity index (χ0v) is 11.8. The van der Waals surface area contributed by atoms with E-state index in [0.717, 1.165) is 0 Å². The number of hydrogen-bond donors (Lipinski definition) is 1. The molecule has 0 saturated carbocycles. The molecule has 1 unspecified atom stereocenters. The highest BCUT2D eigenvalue weighted by Crippen LogP contribution is 2.36. The van der Waals surface area contributed by atoms with Gasteiger partial charge in [0.05, 0.1) is 16.2 Å². The molecule has 0 aromatic heterocycles. The Balaban J connectivity index is 2.06. The molecular weight excluding hydrogens is 304 g/mol. The van der Waals surface area contributed by atoms with Crippen molar-refractivity contribution in [1.29, 1.82) is 0 Å². The van der Waals surface area contributed by atoms with Crippen LogP contribution in [0.2, 0.25) is 0 Å². The molecule has 1 amide bonds. The van der Waals surface area contributed by atoms with Crippen LogP contribution in [0.4, 0.5) is 10.5 Å². The van der Waals surface area contributed by atoms with Gasteiger partial charge >= 0.3 is 12.3 Å². The molecule has 0 aliphatic carbocycles. The Bertz CT molecular complexity index is 749. The zero-order valence-electron chi connectivity index (χ0n) is 11.8. The topological polar surface area (TPSA) is 102 Å². The van der Waals surface area contributed by atoms with E-state index in [1.54, 1.807) is 18.2 Å². The molecule has 1 aliphatic heterocycles. The molecule has 23 heavy (non-hydrogen) atoms. The van der Waals surface area contributed by atoms with E-state index < -0.39 is 17.2 Å². The first-order valence-corrected chi connectivity index (χ1v) is 6.68. The molecule has 1 aliphatic rings. The van der Waals surface area contributed by atoms with Gasteiger partial charge in [0.25, 0.3) is 0 Å². The van der Waals surface area contributed by atoms with Crippen LogP contribution in [0.1, 0.15) is 11.7 Å². The Hall–Kier alpha value is -3.29. The molecule has 0 radical (unpaired) electrons. The number of carbonyl (C=O) groups is 1. The summed E-state index contributed by atoms with van der Waals surface area (Å²) in [6.45, 7) is 0.0310. The average Bonchev–Trinajstić information content (AvgIpc) is 3.00. The minimum absolute atomic E-state index is 0.0310. The van der Waals surface area contributed by atoms with Gasteiger partial charge in [0.2, 0.25) is 6.79 Å². The van der Waals surface area contributed by atoms with E-state index in [1.807, 2.05) is 0 Å². The highest BCUT2D eigenvalue weighted by atomic mass is 16.7. The van der Waals surface area contributed by atoms with Gasteiger partial charge in [-0.05, 0) is 30.3 Å². The Morgan fingerprint density at radius 2 is 1.87 bits per heavy atom. The van der Waals surface area contributed by atoms with Crippen molar-refractivity contribution in [3.05, 3.63) is 64.2 Å². The van der Waals surface area contributed by atoms with Crippen molar-refractivity contribution in [3.63, 3.8) is 0 Å². The van der Waals surface area contributed by atoms with Gasteiger partial charge in [-0.1, -0.05) is 18.2 Å². The van der Waals surface area contributed by atoms with Crippen LogP contribution in [-0.2, 0) is 0 Å². The Morgan fingerprint density at radius 1 is 1.17 bits per heavy atom. The fraction of sp³-hybridized carbons (Fsp3) is 0.133. The molecule has 1 heterocycles. The van der Waals surface area contributed by atoms with Crippen LogP contribution in [-0.4, -0.2) is 22.9 Å². The summed E-state index contributed by atoms with van der Waals surface area (Å²) in [4.78, 5) is 23.2. The Labute approximate surface area is 130 Å². The van der Waals surface area contributed by atoms with Gasteiger partial charge in [-0.25, -0.2) is 9.69 Å². The predicted molar refractivity (Wildman–Crippen MR) is 79.2 cm³/mol. The molecule has 2 aromatic rings. The molecule has 118 valence electrons. The lowest BCUT2D eigenvalue weighted by atomic mass is 10.1. The van der Waals surface area contributed by atoms with Gasteiger partial charge in [-0.3, -0.25) is 10.1 Å². The maximum atomic E-state index is 11.6. The van der Waals surface area contributed by atoms with E-state index in [-0.39, 0.29) is 18.0 Å². The van der Waals surface area contributed by atoms with Crippen LogP contribution in [0.5, 0.6) is 11.5 Å². The molecule has 1 N–H and O–H groups in total. The molecule has 2 aromatic carbocycles. The summed E-state index contributed by atoms with van der Waals surface area (Å²) in [5, 5.41) is 21.0. The summed E-state index contributed by atoms with van der Waals surface area (Å²) >= 11 is 0. The van der Waals surface area contributed by atoms with E-state index in [2.05, 4.69) is 0 Å². The highest BCUT2D eigenvalue weighted by Gasteiger charge is 2.36. The SMILES string of the molecule is O=C(O)N(c1ccccc1)C(c1ccc2c(c1)OCO2)[N+](=O)[O-]. The van der Waals surface area contributed by atoms with Gasteiger partial charge < -0.3 is 14.6 Å². The maximum absolute atomic E-state index is 11.6.